The normalized spacial score (nSPS) is 12.4. The maximum absolute atomic E-state index is 10.4. The zero-order valence-corrected chi connectivity index (χ0v) is 13.4. The van der Waals surface area contributed by atoms with Crippen LogP contribution in [0.1, 0.15) is 28.3 Å². The second-order valence-electron chi connectivity index (χ2n) is 4.33. The van der Waals surface area contributed by atoms with Gasteiger partial charge in [-0.05, 0) is 42.3 Å². The number of ether oxygens (including phenoxy) is 1. The first-order chi connectivity index (χ1) is 9.13. The average molecular weight is 341 g/mol. The highest BCUT2D eigenvalue weighted by atomic mass is 79.9. The molecule has 4 heteroatoms. The lowest BCUT2D eigenvalue weighted by atomic mass is 10.1. The maximum atomic E-state index is 10.4. The first kappa shape index (κ1) is 14.6. The van der Waals surface area contributed by atoms with Crippen molar-refractivity contribution in [3.8, 4) is 5.75 Å². The lowest BCUT2D eigenvalue weighted by molar-refractivity contribution is 0.178. The Morgan fingerprint density at radius 3 is 2.63 bits per heavy atom. The van der Waals surface area contributed by atoms with E-state index in [0.717, 1.165) is 22.2 Å². The van der Waals surface area contributed by atoms with E-state index >= 15 is 0 Å². The van der Waals surface area contributed by atoms with Gasteiger partial charge in [0.15, 0.2) is 0 Å². The second kappa shape index (κ2) is 6.55. The predicted octanol–water partition coefficient (Wildman–Crippen LogP) is 4.36. The molecule has 1 N–H and O–H groups in total. The molecule has 19 heavy (non-hydrogen) atoms. The largest absolute Gasteiger partial charge is 0.497 e. The van der Waals surface area contributed by atoms with Crippen LogP contribution < -0.4 is 4.74 Å². The lowest BCUT2D eigenvalue weighted by Gasteiger charge is -2.13. The van der Waals surface area contributed by atoms with Crippen LogP contribution in [-0.4, -0.2) is 12.2 Å². The van der Waals surface area contributed by atoms with Crippen molar-refractivity contribution in [1.29, 1.82) is 0 Å². The van der Waals surface area contributed by atoms with Gasteiger partial charge >= 0.3 is 0 Å². The van der Waals surface area contributed by atoms with Crippen LogP contribution >= 0.6 is 27.3 Å². The summed E-state index contributed by atoms with van der Waals surface area (Å²) in [6.07, 6.45) is 1.16. The number of rotatable bonds is 5. The Hall–Kier alpha value is -0.840. The van der Waals surface area contributed by atoms with Gasteiger partial charge in [-0.1, -0.05) is 22.9 Å². The SMILES string of the molecule is CCc1ccc(CC(O)c2cc(OC)ccc2Br)s1. The van der Waals surface area contributed by atoms with Crippen LogP contribution in [0.3, 0.4) is 0 Å². The number of aliphatic hydroxyl groups excluding tert-OH is 1. The minimum atomic E-state index is -0.521. The molecule has 0 saturated carbocycles. The first-order valence-corrected chi connectivity index (χ1v) is 7.84. The van der Waals surface area contributed by atoms with Crippen LogP contribution in [0, 0.1) is 0 Å². The van der Waals surface area contributed by atoms with E-state index in [2.05, 4.69) is 35.0 Å². The van der Waals surface area contributed by atoms with Gasteiger partial charge in [0.05, 0.1) is 13.2 Å². The monoisotopic (exact) mass is 340 g/mol. The number of aryl methyl sites for hydroxylation is 1. The Morgan fingerprint density at radius 1 is 1.26 bits per heavy atom. The number of thiophene rings is 1. The maximum Gasteiger partial charge on any atom is 0.119 e. The quantitative estimate of drug-likeness (QED) is 0.876. The van der Waals surface area contributed by atoms with Gasteiger partial charge < -0.3 is 9.84 Å². The number of halogens is 1. The molecule has 0 saturated heterocycles. The summed E-state index contributed by atoms with van der Waals surface area (Å²) < 4.78 is 6.11. The zero-order chi connectivity index (χ0) is 13.8. The van der Waals surface area contributed by atoms with Crippen LogP contribution in [-0.2, 0) is 12.8 Å². The molecule has 0 spiro atoms. The van der Waals surface area contributed by atoms with Crippen LogP contribution in [0.15, 0.2) is 34.8 Å². The highest BCUT2D eigenvalue weighted by Crippen LogP contribution is 2.31. The van der Waals surface area contributed by atoms with E-state index in [1.807, 2.05) is 18.2 Å². The highest BCUT2D eigenvalue weighted by molar-refractivity contribution is 9.10. The summed E-state index contributed by atoms with van der Waals surface area (Å²) in [5, 5.41) is 10.4. The molecule has 0 radical (unpaired) electrons. The Kier molecular flexibility index (Phi) is 5.02. The highest BCUT2D eigenvalue weighted by Gasteiger charge is 2.14. The summed E-state index contributed by atoms with van der Waals surface area (Å²) in [6.45, 7) is 2.14. The summed E-state index contributed by atoms with van der Waals surface area (Å²) in [6, 6.07) is 9.89. The molecule has 0 amide bonds. The third-order valence-corrected chi connectivity index (χ3v) is 5.00. The van der Waals surface area contributed by atoms with Gasteiger partial charge in [0.1, 0.15) is 5.75 Å². The molecular formula is C15H17BrO2S. The summed E-state index contributed by atoms with van der Waals surface area (Å²) in [5.74, 6) is 0.762. The Morgan fingerprint density at radius 2 is 2.00 bits per heavy atom. The Balaban J connectivity index is 2.16. The van der Waals surface area contributed by atoms with Crippen molar-refractivity contribution in [3.63, 3.8) is 0 Å². The summed E-state index contributed by atoms with van der Waals surface area (Å²) in [7, 11) is 1.63. The van der Waals surface area contributed by atoms with Crippen LogP contribution in [0.4, 0.5) is 0 Å². The predicted molar refractivity (Wildman–Crippen MR) is 83.1 cm³/mol. The summed E-state index contributed by atoms with van der Waals surface area (Å²) in [5.41, 5.74) is 0.866. The van der Waals surface area contributed by atoms with Crippen molar-refractivity contribution in [3.05, 3.63) is 50.1 Å². The van der Waals surface area contributed by atoms with E-state index in [0.29, 0.717) is 6.42 Å². The second-order valence-corrected chi connectivity index (χ2v) is 6.44. The van der Waals surface area contributed by atoms with Crippen molar-refractivity contribution >= 4 is 27.3 Å². The summed E-state index contributed by atoms with van der Waals surface area (Å²) >= 11 is 5.25. The standard InChI is InChI=1S/C15H17BrO2S/c1-3-11-5-6-12(19-11)9-15(17)13-8-10(18-2)4-7-14(13)16/h4-8,15,17H,3,9H2,1-2H3. The van der Waals surface area contributed by atoms with Gasteiger partial charge in [-0.15, -0.1) is 11.3 Å². The molecule has 1 atom stereocenters. The van der Waals surface area contributed by atoms with Crippen LogP contribution in [0.5, 0.6) is 5.75 Å². The first-order valence-electron chi connectivity index (χ1n) is 6.23. The Bertz CT molecular complexity index is 551. The van der Waals surface area contributed by atoms with Gasteiger partial charge in [-0.25, -0.2) is 0 Å². The molecule has 2 aromatic rings. The Labute approximate surface area is 126 Å². The zero-order valence-electron chi connectivity index (χ0n) is 11.0. The molecule has 0 bridgehead atoms. The molecule has 1 aromatic heterocycles. The topological polar surface area (TPSA) is 29.5 Å². The lowest BCUT2D eigenvalue weighted by Crippen LogP contribution is -2.02. The van der Waals surface area contributed by atoms with E-state index in [1.165, 1.54) is 9.75 Å². The number of hydrogen-bond acceptors (Lipinski definition) is 3. The van der Waals surface area contributed by atoms with E-state index in [1.54, 1.807) is 18.4 Å². The van der Waals surface area contributed by atoms with Crippen molar-refractivity contribution in [2.45, 2.75) is 25.9 Å². The van der Waals surface area contributed by atoms with E-state index in [9.17, 15) is 5.11 Å². The molecule has 0 aliphatic rings. The molecule has 0 aliphatic heterocycles. The van der Waals surface area contributed by atoms with Gasteiger partial charge in [0, 0.05) is 20.6 Å². The van der Waals surface area contributed by atoms with Gasteiger partial charge in [-0.3, -0.25) is 0 Å². The van der Waals surface area contributed by atoms with Crippen molar-refractivity contribution < 1.29 is 9.84 Å². The van der Waals surface area contributed by atoms with Crippen molar-refractivity contribution in [2.24, 2.45) is 0 Å². The fourth-order valence-electron chi connectivity index (χ4n) is 1.93. The minimum absolute atomic E-state index is 0.521. The van der Waals surface area contributed by atoms with Crippen molar-refractivity contribution in [2.75, 3.05) is 7.11 Å². The third kappa shape index (κ3) is 3.59. The summed E-state index contributed by atoms with van der Waals surface area (Å²) in [4.78, 5) is 2.56. The van der Waals surface area contributed by atoms with E-state index in [-0.39, 0.29) is 0 Å². The third-order valence-electron chi connectivity index (χ3n) is 3.02. The minimum Gasteiger partial charge on any atom is -0.497 e. The van der Waals surface area contributed by atoms with Crippen LogP contribution in [0.25, 0.3) is 0 Å². The number of methoxy groups -OCH3 is 1. The molecular weight excluding hydrogens is 324 g/mol. The van der Waals surface area contributed by atoms with E-state index in [4.69, 9.17) is 4.74 Å². The molecule has 2 rings (SSSR count). The number of aliphatic hydroxyl groups is 1. The molecule has 0 fully saturated rings. The number of hydrogen-bond donors (Lipinski definition) is 1. The molecule has 2 nitrogen and oxygen atoms in total. The van der Waals surface area contributed by atoms with Gasteiger partial charge in [-0.2, -0.15) is 0 Å². The van der Waals surface area contributed by atoms with Crippen molar-refractivity contribution in [1.82, 2.24) is 0 Å². The molecule has 1 aromatic carbocycles. The number of benzene rings is 1. The average Bonchev–Trinajstić information content (AvgIpc) is 2.87. The molecule has 0 aliphatic carbocycles. The smallest absolute Gasteiger partial charge is 0.119 e. The molecule has 1 heterocycles. The fraction of sp³-hybridized carbons (Fsp3) is 0.333. The molecule has 1 unspecified atom stereocenters. The van der Waals surface area contributed by atoms with Crippen LogP contribution in [0.2, 0.25) is 0 Å². The fourth-order valence-corrected chi connectivity index (χ4v) is 3.43. The van der Waals surface area contributed by atoms with E-state index < -0.39 is 6.10 Å². The molecule has 102 valence electrons. The van der Waals surface area contributed by atoms with Gasteiger partial charge in [0.2, 0.25) is 0 Å². The van der Waals surface area contributed by atoms with Gasteiger partial charge in [0.25, 0.3) is 0 Å².